The van der Waals surface area contributed by atoms with Crippen molar-refractivity contribution < 1.29 is 9.32 Å². The number of carbonyl (C=O) groups is 1. The molecule has 1 amide bonds. The van der Waals surface area contributed by atoms with Crippen LogP contribution in [0.25, 0.3) is 0 Å². The highest BCUT2D eigenvalue weighted by atomic mass is 16.5. The smallest absolute Gasteiger partial charge is 0.222 e. The molecule has 2 aromatic rings. The molecule has 26 heavy (non-hydrogen) atoms. The molecule has 1 fully saturated rings. The van der Waals surface area contributed by atoms with Gasteiger partial charge in [-0.15, -0.1) is 0 Å². The van der Waals surface area contributed by atoms with Gasteiger partial charge in [-0.05, 0) is 44.2 Å². The molecule has 0 radical (unpaired) electrons. The van der Waals surface area contributed by atoms with Gasteiger partial charge >= 0.3 is 0 Å². The maximum Gasteiger partial charge on any atom is 0.222 e. The van der Waals surface area contributed by atoms with Crippen molar-refractivity contribution in [3.63, 3.8) is 0 Å². The molecule has 3 heterocycles. The lowest BCUT2D eigenvalue weighted by Crippen LogP contribution is -2.41. The first kappa shape index (κ1) is 17.3. The minimum atomic E-state index is 0.255. The van der Waals surface area contributed by atoms with Gasteiger partial charge in [0, 0.05) is 44.2 Å². The van der Waals surface area contributed by atoms with Crippen molar-refractivity contribution in [3.05, 3.63) is 52.4 Å². The average Bonchev–Trinajstić information content (AvgIpc) is 3.27. The summed E-state index contributed by atoms with van der Waals surface area (Å²) in [4.78, 5) is 17.3. The summed E-state index contributed by atoms with van der Waals surface area (Å²) in [7, 11) is 0. The third kappa shape index (κ3) is 3.40. The Morgan fingerprint density at radius 1 is 1.23 bits per heavy atom. The molecule has 0 aliphatic carbocycles. The second kappa shape index (κ2) is 7.23. The summed E-state index contributed by atoms with van der Waals surface area (Å²) in [6, 6.07) is 9.23. The van der Waals surface area contributed by atoms with Crippen LogP contribution in [0.15, 0.2) is 28.8 Å². The Morgan fingerprint density at radius 3 is 2.81 bits per heavy atom. The number of rotatable bonds is 4. The zero-order chi connectivity index (χ0) is 18.1. The summed E-state index contributed by atoms with van der Waals surface area (Å²) >= 11 is 0. The number of aromatic nitrogens is 1. The van der Waals surface area contributed by atoms with Gasteiger partial charge in [0.15, 0.2) is 0 Å². The SMILES string of the molecule is Cc1noc(C)c1CCC(=O)N1CCC(N2CCc3ccccc3C2)C1. The van der Waals surface area contributed by atoms with E-state index in [0.29, 0.717) is 12.5 Å². The Labute approximate surface area is 155 Å². The molecular formula is C21H27N3O2. The van der Waals surface area contributed by atoms with Gasteiger partial charge in [0.1, 0.15) is 5.76 Å². The first-order valence-corrected chi connectivity index (χ1v) is 9.62. The van der Waals surface area contributed by atoms with Crippen LogP contribution in [-0.4, -0.2) is 46.5 Å². The number of fused-ring (bicyclic) bond motifs is 1. The summed E-state index contributed by atoms with van der Waals surface area (Å²) in [6.45, 7) is 7.72. The normalized spacial score (nSPS) is 20.4. The molecule has 1 aromatic heterocycles. The van der Waals surface area contributed by atoms with E-state index < -0.39 is 0 Å². The number of benzene rings is 1. The second-order valence-corrected chi connectivity index (χ2v) is 7.57. The van der Waals surface area contributed by atoms with E-state index in [4.69, 9.17) is 4.52 Å². The van der Waals surface area contributed by atoms with E-state index in [2.05, 4.69) is 34.3 Å². The van der Waals surface area contributed by atoms with E-state index in [0.717, 1.165) is 62.5 Å². The summed E-state index contributed by atoms with van der Waals surface area (Å²) in [5.41, 5.74) is 4.92. The fraction of sp³-hybridized carbons (Fsp3) is 0.524. The van der Waals surface area contributed by atoms with Crippen molar-refractivity contribution in [2.24, 2.45) is 0 Å². The Morgan fingerprint density at radius 2 is 2.04 bits per heavy atom. The van der Waals surface area contributed by atoms with Crippen LogP contribution in [-0.2, 0) is 24.2 Å². The van der Waals surface area contributed by atoms with Crippen LogP contribution in [0, 0.1) is 13.8 Å². The molecule has 5 nitrogen and oxygen atoms in total. The van der Waals surface area contributed by atoms with E-state index in [1.807, 2.05) is 18.7 Å². The van der Waals surface area contributed by atoms with Crippen LogP contribution in [0.4, 0.5) is 0 Å². The minimum Gasteiger partial charge on any atom is -0.361 e. The van der Waals surface area contributed by atoms with Gasteiger partial charge in [0.05, 0.1) is 5.69 Å². The third-order valence-corrected chi connectivity index (χ3v) is 5.96. The standard InChI is InChI=1S/C21H27N3O2/c1-15-20(16(2)26-22-15)7-8-21(25)24-12-10-19(14-24)23-11-9-17-5-3-4-6-18(17)13-23/h3-6,19H,7-14H2,1-2H3. The summed E-state index contributed by atoms with van der Waals surface area (Å²) < 4.78 is 5.20. The number of carbonyl (C=O) groups excluding carboxylic acids is 1. The summed E-state index contributed by atoms with van der Waals surface area (Å²) in [5, 5.41) is 3.98. The predicted molar refractivity (Wildman–Crippen MR) is 99.8 cm³/mol. The molecule has 1 saturated heterocycles. The van der Waals surface area contributed by atoms with Crippen molar-refractivity contribution in [1.29, 1.82) is 0 Å². The van der Waals surface area contributed by atoms with E-state index in [-0.39, 0.29) is 5.91 Å². The topological polar surface area (TPSA) is 49.6 Å². The lowest BCUT2D eigenvalue weighted by Gasteiger charge is -2.33. The zero-order valence-electron chi connectivity index (χ0n) is 15.7. The van der Waals surface area contributed by atoms with Crippen LogP contribution in [0.3, 0.4) is 0 Å². The Kier molecular flexibility index (Phi) is 4.81. The van der Waals surface area contributed by atoms with Crippen LogP contribution >= 0.6 is 0 Å². The molecule has 0 saturated carbocycles. The van der Waals surface area contributed by atoms with E-state index in [1.54, 1.807) is 0 Å². The highest BCUT2D eigenvalue weighted by molar-refractivity contribution is 5.76. The van der Waals surface area contributed by atoms with Gasteiger partial charge in [-0.1, -0.05) is 29.4 Å². The van der Waals surface area contributed by atoms with E-state index in [1.165, 1.54) is 11.1 Å². The number of aryl methyl sites for hydroxylation is 2. The third-order valence-electron chi connectivity index (χ3n) is 5.96. The highest BCUT2D eigenvalue weighted by Gasteiger charge is 2.31. The minimum absolute atomic E-state index is 0.255. The molecule has 4 rings (SSSR count). The fourth-order valence-electron chi connectivity index (χ4n) is 4.34. The molecule has 0 N–H and O–H groups in total. The molecule has 1 atom stereocenters. The molecule has 0 spiro atoms. The zero-order valence-corrected chi connectivity index (χ0v) is 15.7. The monoisotopic (exact) mass is 353 g/mol. The number of nitrogens with zero attached hydrogens (tertiary/aromatic N) is 3. The maximum atomic E-state index is 12.6. The lowest BCUT2D eigenvalue weighted by atomic mass is 9.98. The Bertz CT molecular complexity index is 779. The van der Waals surface area contributed by atoms with Gasteiger partial charge in [0.25, 0.3) is 0 Å². The average molecular weight is 353 g/mol. The lowest BCUT2D eigenvalue weighted by molar-refractivity contribution is -0.130. The Balaban J connectivity index is 1.32. The van der Waals surface area contributed by atoms with E-state index >= 15 is 0 Å². The predicted octanol–water partition coefficient (Wildman–Crippen LogP) is 2.88. The fourth-order valence-corrected chi connectivity index (χ4v) is 4.34. The van der Waals surface area contributed by atoms with Crippen molar-refractivity contribution >= 4 is 5.91 Å². The molecule has 2 aliphatic heterocycles. The molecule has 5 heteroatoms. The van der Waals surface area contributed by atoms with Crippen molar-refractivity contribution in [2.45, 2.75) is 52.1 Å². The first-order valence-electron chi connectivity index (χ1n) is 9.62. The molecular weight excluding hydrogens is 326 g/mol. The summed E-state index contributed by atoms with van der Waals surface area (Å²) in [6.07, 6.45) is 3.46. The Hall–Kier alpha value is -2.14. The van der Waals surface area contributed by atoms with E-state index in [9.17, 15) is 4.79 Å². The van der Waals surface area contributed by atoms with Crippen LogP contribution in [0.1, 0.15) is 41.0 Å². The van der Waals surface area contributed by atoms with Gasteiger partial charge in [-0.3, -0.25) is 9.69 Å². The number of amides is 1. The molecule has 138 valence electrons. The van der Waals surface area contributed by atoms with Crippen molar-refractivity contribution in [2.75, 3.05) is 19.6 Å². The number of likely N-dealkylation sites (tertiary alicyclic amines) is 1. The quantitative estimate of drug-likeness (QED) is 0.848. The van der Waals surface area contributed by atoms with Gasteiger partial charge < -0.3 is 9.42 Å². The van der Waals surface area contributed by atoms with Crippen LogP contribution < -0.4 is 0 Å². The van der Waals surface area contributed by atoms with Crippen molar-refractivity contribution in [3.8, 4) is 0 Å². The van der Waals surface area contributed by atoms with Gasteiger partial charge in [-0.25, -0.2) is 0 Å². The molecule has 1 aromatic carbocycles. The summed E-state index contributed by atoms with van der Waals surface area (Å²) in [5.74, 6) is 1.09. The maximum absolute atomic E-state index is 12.6. The van der Waals surface area contributed by atoms with Gasteiger partial charge in [0.2, 0.25) is 5.91 Å². The molecule has 1 unspecified atom stereocenters. The first-order chi connectivity index (χ1) is 12.6. The van der Waals surface area contributed by atoms with Gasteiger partial charge in [-0.2, -0.15) is 0 Å². The van der Waals surface area contributed by atoms with Crippen molar-refractivity contribution in [1.82, 2.24) is 15.0 Å². The second-order valence-electron chi connectivity index (χ2n) is 7.57. The molecule has 2 aliphatic rings. The number of hydrogen-bond donors (Lipinski definition) is 0. The van der Waals surface area contributed by atoms with Crippen LogP contribution in [0.2, 0.25) is 0 Å². The largest absolute Gasteiger partial charge is 0.361 e. The van der Waals surface area contributed by atoms with Crippen LogP contribution in [0.5, 0.6) is 0 Å². The highest BCUT2D eigenvalue weighted by Crippen LogP contribution is 2.25. The molecule has 0 bridgehead atoms. The number of hydrogen-bond acceptors (Lipinski definition) is 4.